The summed E-state index contributed by atoms with van der Waals surface area (Å²) in [7, 11) is -3.45. The number of sulfonamides is 1. The summed E-state index contributed by atoms with van der Waals surface area (Å²) in [4.78, 5) is 3.87. The van der Waals surface area contributed by atoms with Crippen molar-refractivity contribution in [2.75, 3.05) is 6.54 Å². The summed E-state index contributed by atoms with van der Waals surface area (Å²) in [6, 6.07) is 3.22. The first kappa shape index (κ1) is 19.6. The molecule has 1 rings (SSSR count). The van der Waals surface area contributed by atoms with Gasteiger partial charge in [-0.25, -0.2) is 18.1 Å². The highest BCUT2D eigenvalue weighted by Crippen LogP contribution is 2.17. The van der Waals surface area contributed by atoms with Crippen molar-refractivity contribution in [1.29, 1.82) is 0 Å². The van der Waals surface area contributed by atoms with E-state index in [-0.39, 0.29) is 24.7 Å². The van der Waals surface area contributed by atoms with Crippen LogP contribution in [0.2, 0.25) is 5.15 Å². The molecule has 0 unspecified atom stereocenters. The van der Waals surface area contributed by atoms with E-state index in [4.69, 9.17) is 17.3 Å². The molecule has 0 bridgehead atoms. The number of hydrogen-bond donors (Lipinski definition) is 2. The number of rotatable bonds is 7. The molecular formula is C12H21Cl2N3O2S. The smallest absolute Gasteiger partial charge is 0.216 e. The fourth-order valence-corrected chi connectivity index (χ4v) is 3.63. The van der Waals surface area contributed by atoms with Gasteiger partial charge in [-0.3, -0.25) is 0 Å². The van der Waals surface area contributed by atoms with Crippen LogP contribution in [0.5, 0.6) is 0 Å². The molecule has 1 aromatic rings. The Kier molecular flexibility index (Phi) is 7.98. The molecular weight excluding hydrogens is 321 g/mol. The van der Waals surface area contributed by atoms with E-state index in [1.807, 2.05) is 13.8 Å². The summed E-state index contributed by atoms with van der Waals surface area (Å²) < 4.78 is 27.0. The van der Waals surface area contributed by atoms with E-state index in [1.165, 1.54) is 6.20 Å². The largest absolute Gasteiger partial charge is 0.329 e. The Morgan fingerprint density at radius 3 is 2.35 bits per heavy atom. The Bertz CT molecular complexity index is 494. The Hall–Kier alpha value is -0.400. The maximum absolute atomic E-state index is 12.1. The van der Waals surface area contributed by atoms with Gasteiger partial charge in [0.15, 0.2) is 0 Å². The van der Waals surface area contributed by atoms with E-state index < -0.39 is 15.6 Å². The molecule has 20 heavy (non-hydrogen) atoms. The molecule has 116 valence electrons. The number of nitrogens with one attached hydrogen (secondary N) is 1. The van der Waals surface area contributed by atoms with Crippen molar-refractivity contribution in [3.63, 3.8) is 0 Å². The first-order chi connectivity index (χ1) is 8.86. The average molecular weight is 342 g/mol. The van der Waals surface area contributed by atoms with Crippen molar-refractivity contribution >= 4 is 34.0 Å². The molecule has 0 radical (unpaired) electrons. The fourth-order valence-electron chi connectivity index (χ4n) is 1.80. The lowest BCUT2D eigenvalue weighted by Gasteiger charge is -2.30. The first-order valence-corrected chi connectivity index (χ1v) is 8.21. The first-order valence-electron chi connectivity index (χ1n) is 6.18. The van der Waals surface area contributed by atoms with Gasteiger partial charge in [-0.15, -0.1) is 12.4 Å². The number of pyridine rings is 1. The maximum Gasteiger partial charge on any atom is 0.216 e. The van der Waals surface area contributed by atoms with Gasteiger partial charge in [-0.2, -0.15) is 0 Å². The number of nitrogens with zero attached hydrogens (tertiary/aromatic N) is 1. The summed E-state index contributed by atoms with van der Waals surface area (Å²) in [5.74, 6) is -0.126. The molecule has 0 saturated carbocycles. The normalized spacial score (nSPS) is 12.0. The molecule has 5 nitrogen and oxygen atoms in total. The van der Waals surface area contributed by atoms with Crippen molar-refractivity contribution in [3.05, 3.63) is 29.0 Å². The topological polar surface area (TPSA) is 85.1 Å². The van der Waals surface area contributed by atoms with Crippen LogP contribution in [0.15, 0.2) is 18.3 Å². The zero-order chi connectivity index (χ0) is 14.5. The second kappa shape index (κ2) is 8.14. The molecule has 0 aliphatic rings. The molecule has 0 aliphatic heterocycles. The van der Waals surface area contributed by atoms with Crippen molar-refractivity contribution < 1.29 is 8.42 Å². The molecule has 0 aliphatic carbocycles. The van der Waals surface area contributed by atoms with E-state index in [9.17, 15) is 8.42 Å². The van der Waals surface area contributed by atoms with E-state index in [2.05, 4.69) is 9.71 Å². The third-order valence-corrected chi connectivity index (χ3v) is 4.94. The SMILES string of the molecule is CCC(CC)(CN)NS(=O)(=O)Cc1ccc(Cl)nc1.Cl. The molecule has 0 aromatic carbocycles. The van der Waals surface area contributed by atoms with Gasteiger partial charge in [0, 0.05) is 18.3 Å². The van der Waals surface area contributed by atoms with Gasteiger partial charge in [0.2, 0.25) is 10.0 Å². The summed E-state index contributed by atoms with van der Waals surface area (Å²) >= 11 is 5.66. The van der Waals surface area contributed by atoms with Crippen LogP contribution < -0.4 is 10.5 Å². The maximum atomic E-state index is 12.1. The van der Waals surface area contributed by atoms with E-state index in [1.54, 1.807) is 12.1 Å². The highest BCUT2D eigenvalue weighted by atomic mass is 35.5. The number of halogens is 2. The third-order valence-electron chi connectivity index (χ3n) is 3.26. The van der Waals surface area contributed by atoms with Gasteiger partial charge in [-0.05, 0) is 24.5 Å². The van der Waals surface area contributed by atoms with Crippen molar-refractivity contribution in [3.8, 4) is 0 Å². The summed E-state index contributed by atoms with van der Waals surface area (Å²) in [5, 5.41) is 0.340. The molecule has 0 spiro atoms. The van der Waals surface area contributed by atoms with Crippen molar-refractivity contribution in [2.24, 2.45) is 5.73 Å². The Balaban J connectivity index is 0.00000361. The number of nitrogens with two attached hydrogens (primary N) is 1. The Labute approximate surface area is 131 Å². The van der Waals surface area contributed by atoms with Crippen molar-refractivity contribution in [1.82, 2.24) is 9.71 Å². The second-order valence-electron chi connectivity index (χ2n) is 4.54. The fraction of sp³-hybridized carbons (Fsp3) is 0.583. The van der Waals surface area contributed by atoms with Gasteiger partial charge >= 0.3 is 0 Å². The van der Waals surface area contributed by atoms with Crippen LogP contribution in [-0.4, -0.2) is 25.5 Å². The standard InChI is InChI=1S/C12H20ClN3O2S.ClH/c1-3-12(4-2,9-14)16-19(17,18)8-10-5-6-11(13)15-7-10;/h5-7,16H,3-4,8-9,14H2,1-2H3;1H. The van der Waals surface area contributed by atoms with E-state index >= 15 is 0 Å². The van der Waals surface area contributed by atoms with Gasteiger partial charge in [0.05, 0.1) is 5.75 Å². The van der Waals surface area contributed by atoms with Gasteiger partial charge < -0.3 is 5.73 Å². The average Bonchev–Trinajstić information content (AvgIpc) is 2.39. The molecule has 0 fully saturated rings. The molecule has 3 N–H and O–H groups in total. The molecule has 1 aromatic heterocycles. The minimum atomic E-state index is -3.45. The summed E-state index contributed by atoms with van der Waals surface area (Å²) in [6.07, 6.45) is 2.76. The van der Waals surface area contributed by atoms with Crippen LogP contribution in [0, 0.1) is 0 Å². The number of hydrogen-bond acceptors (Lipinski definition) is 4. The Morgan fingerprint density at radius 2 is 1.95 bits per heavy atom. The zero-order valence-electron chi connectivity index (χ0n) is 11.6. The lowest BCUT2D eigenvalue weighted by atomic mass is 9.95. The van der Waals surface area contributed by atoms with Gasteiger partial charge in [0.1, 0.15) is 5.15 Å². The van der Waals surface area contributed by atoms with E-state index in [0.717, 1.165) is 0 Å². The van der Waals surface area contributed by atoms with Crippen LogP contribution in [0.4, 0.5) is 0 Å². The van der Waals surface area contributed by atoms with Crippen LogP contribution in [0.3, 0.4) is 0 Å². The lowest BCUT2D eigenvalue weighted by molar-refractivity contribution is 0.363. The third kappa shape index (κ3) is 5.54. The van der Waals surface area contributed by atoms with Gasteiger partial charge in [0.25, 0.3) is 0 Å². The van der Waals surface area contributed by atoms with Crippen LogP contribution in [-0.2, 0) is 15.8 Å². The lowest BCUT2D eigenvalue weighted by Crippen LogP contribution is -2.53. The minimum absolute atomic E-state index is 0. The monoisotopic (exact) mass is 341 g/mol. The Morgan fingerprint density at radius 1 is 1.35 bits per heavy atom. The molecule has 8 heteroatoms. The summed E-state index contributed by atoms with van der Waals surface area (Å²) in [6.45, 7) is 4.11. The number of aromatic nitrogens is 1. The molecule has 0 atom stereocenters. The highest BCUT2D eigenvalue weighted by Gasteiger charge is 2.29. The molecule has 1 heterocycles. The van der Waals surface area contributed by atoms with Crippen LogP contribution >= 0.6 is 24.0 Å². The van der Waals surface area contributed by atoms with Crippen LogP contribution in [0.25, 0.3) is 0 Å². The minimum Gasteiger partial charge on any atom is -0.329 e. The van der Waals surface area contributed by atoms with E-state index in [0.29, 0.717) is 23.6 Å². The van der Waals surface area contributed by atoms with Gasteiger partial charge in [-0.1, -0.05) is 31.5 Å². The molecule has 0 saturated heterocycles. The summed E-state index contributed by atoms with van der Waals surface area (Å²) in [5.41, 5.74) is 5.71. The predicted octanol–water partition coefficient (Wildman–Crippen LogP) is 2.09. The zero-order valence-corrected chi connectivity index (χ0v) is 14.0. The predicted molar refractivity (Wildman–Crippen MR) is 84.6 cm³/mol. The second-order valence-corrected chi connectivity index (χ2v) is 6.65. The highest BCUT2D eigenvalue weighted by molar-refractivity contribution is 7.88. The molecule has 0 amide bonds. The quantitative estimate of drug-likeness (QED) is 0.743. The van der Waals surface area contributed by atoms with Crippen molar-refractivity contribution in [2.45, 2.75) is 38.0 Å². The van der Waals surface area contributed by atoms with Crippen LogP contribution in [0.1, 0.15) is 32.3 Å².